The minimum Gasteiger partial charge on any atom is -0.618 e. The minimum absolute atomic E-state index is 0.00365. The highest BCUT2D eigenvalue weighted by molar-refractivity contribution is 6.02. The van der Waals surface area contributed by atoms with Crippen LogP contribution in [-0.4, -0.2) is 10.9 Å². The summed E-state index contributed by atoms with van der Waals surface area (Å²) in [5.74, 6) is 0.992. The first-order valence-electron chi connectivity index (χ1n) is 9.19. The van der Waals surface area contributed by atoms with Crippen molar-refractivity contribution in [3.05, 3.63) is 102 Å². The van der Waals surface area contributed by atoms with Crippen LogP contribution in [0.3, 0.4) is 0 Å². The van der Waals surface area contributed by atoms with Crippen LogP contribution in [0.1, 0.15) is 10.5 Å². The topological polar surface area (TPSA) is 104 Å². The lowest BCUT2D eigenvalue weighted by molar-refractivity contribution is -0.595. The van der Waals surface area contributed by atoms with Crippen LogP contribution in [0, 0.1) is 5.21 Å². The van der Waals surface area contributed by atoms with Crippen molar-refractivity contribution in [3.8, 4) is 22.8 Å². The number of nitrogens with zero attached hydrogens (tertiary/aromatic N) is 2. The molecule has 0 fully saturated rings. The van der Waals surface area contributed by atoms with E-state index in [-0.39, 0.29) is 5.69 Å². The molecule has 0 atom stereocenters. The highest BCUT2D eigenvalue weighted by Crippen LogP contribution is 2.24. The summed E-state index contributed by atoms with van der Waals surface area (Å²) in [5, 5.41) is 15.4. The Hall–Kier alpha value is -4.39. The van der Waals surface area contributed by atoms with E-state index in [0.717, 1.165) is 5.56 Å². The maximum atomic E-state index is 12.7. The summed E-state index contributed by atoms with van der Waals surface area (Å²) in [4.78, 5) is 16.6. The number of nitrogens with one attached hydrogen (secondary N) is 1. The van der Waals surface area contributed by atoms with Gasteiger partial charge in [0.15, 0.2) is 0 Å². The SMILES string of the molecule is Nc1cc(Oc2ccc(NC(=O)c3cccc(-c4ccccc4)[n+]3[O-])cc2)ccn1. The molecule has 0 saturated carbocycles. The lowest BCUT2D eigenvalue weighted by atomic mass is 10.1. The van der Waals surface area contributed by atoms with Crippen LogP contribution < -0.4 is 20.5 Å². The Morgan fingerprint density at radius 1 is 0.933 bits per heavy atom. The zero-order valence-corrected chi connectivity index (χ0v) is 15.9. The van der Waals surface area contributed by atoms with Crippen LogP contribution in [0.5, 0.6) is 11.5 Å². The van der Waals surface area contributed by atoms with Gasteiger partial charge in [0.05, 0.1) is 0 Å². The lowest BCUT2D eigenvalue weighted by Gasteiger charge is -2.10. The average molecular weight is 398 g/mol. The Kier molecular flexibility index (Phi) is 5.25. The van der Waals surface area contributed by atoms with Gasteiger partial charge in [-0.15, -0.1) is 0 Å². The fraction of sp³-hybridized carbons (Fsp3) is 0. The number of ether oxygens (including phenoxy) is 1. The van der Waals surface area contributed by atoms with Crippen molar-refractivity contribution >= 4 is 17.4 Å². The van der Waals surface area contributed by atoms with Crippen LogP contribution in [0.4, 0.5) is 11.5 Å². The van der Waals surface area contributed by atoms with Crippen molar-refractivity contribution in [3.63, 3.8) is 0 Å². The number of rotatable bonds is 5. The van der Waals surface area contributed by atoms with E-state index in [1.54, 1.807) is 54.7 Å². The standard InChI is InChI=1S/C23H18N4O3/c24-22-15-19(13-14-25-22)30-18-11-9-17(10-12-18)26-23(28)21-8-4-7-20(27(21)29)16-5-2-1-3-6-16/h1-15H,(H2,24,25)(H,26,28). The molecule has 2 aromatic carbocycles. The molecule has 4 rings (SSSR count). The Morgan fingerprint density at radius 2 is 1.70 bits per heavy atom. The van der Waals surface area contributed by atoms with Crippen molar-refractivity contribution in [1.29, 1.82) is 0 Å². The van der Waals surface area contributed by atoms with Crippen LogP contribution in [-0.2, 0) is 0 Å². The van der Waals surface area contributed by atoms with Gasteiger partial charge in [0.2, 0.25) is 5.69 Å². The van der Waals surface area contributed by atoms with Crippen molar-refractivity contribution in [2.24, 2.45) is 0 Å². The molecule has 2 aromatic heterocycles. The van der Waals surface area contributed by atoms with Crippen molar-refractivity contribution < 1.29 is 14.3 Å². The average Bonchev–Trinajstić information content (AvgIpc) is 2.76. The molecule has 0 spiro atoms. The Bertz CT molecular complexity index is 1180. The van der Waals surface area contributed by atoms with E-state index in [0.29, 0.717) is 33.4 Å². The summed E-state index contributed by atoms with van der Waals surface area (Å²) in [7, 11) is 0. The molecular formula is C23H18N4O3. The summed E-state index contributed by atoms with van der Waals surface area (Å²) in [5.41, 5.74) is 7.32. The van der Waals surface area contributed by atoms with Crippen molar-refractivity contribution in [2.45, 2.75) is 0 Å². The normalized spacial score (nSPS) is 10.4. The van der Waals surface area contributed by atoms with Gasteiger partial charge in [0, 0.05) is 35.6 Å². The van der Waals surface area contributed by atoms with Gasteiger partial charge in [-0.3, -0.25) is 4.79 Å². The molecule has 7 heteroatoms. The van der Waals surface area contributed by atoms with E-state index in [2.05, 4.69) is 10.3 Å². The smallest absolute Gasteiger partial charge is 0.321 e. The van der Waals surface area contributed by atoms with E-state index in [1.165, 1.54) is 6.07 Å². The van der Waals surface area contributed by atoms with Crippen LogP contribution in [0.2, 0.25) is 0 Å². The third-order valence-electron chi connectivity index (χ3n) is 4.35. The molecule has 0 radical (unpaired) electrons. The second-order valence-electron chi connectivity index (χ2n) is 6.45. The minimum atomic E-state index is -0.502. The molecule has 1 amide bonds. The van der Waals surface area contributed by atoms with Gasteiger partial charge < -0.3 is 21.0 Å². The maximum absolute atomic E-state index is 12.7. The Morgan fingerprint density at radius 3 is 2.43 bits per heavy atom. The number of benzene rings is 2. The number of hydrogen-bond acceptors (Lipinski definition) is 5. The van der Waals surface area contributed by atoms with Gasteiger partial charge in [-0.1, -0.05) is 18.2 Å². The monoisotopic (exact) mass is 398 g/mol. The summed E-state index contributed by atoms with van der Waals surface area (Å²) in [6, 6.07) is 24.1. The number of carbonyl (C=O) groups excluding carboxylic acids is 1. The van der Waals surface area contributed by atoms with Gasteiger partial charge in [0.25, 0.3) is 5.69 Å². The molecule has 0 aliphatic carbocycles. The van der Waals surface area contributed by atoms with Crippen molar-refractivity contribution in [1.82, 2.24) is 4.98 Å². The first-order valence-corrected chi connectivity index (χ1v) is 9.19. The molecule has 0 saturated heterocycles. The van der Waals surface area contributed by atoms with E-state index >= 15 is 0 Å². The maximum Gasteiger partial charge on any atom is 0.321 e. The number of nitrogen functional groups attached to an aromatic ring is 1. The number of anilines is 2. The second-order valence-corrected chi connectivity index (χ2v) is 6.45. The molecule has 148 valence electrons. The molecule has 0 unspecified atom stereocenters. The molecule has 0 bridgehead atoms. The zero-order chi connectivity index (χ0) is 20.9. The fourth-order valence-corrected chi connectivity index (χ4v) is 2.91. The van der Waals surface area contributed by atoms with Crippen molar-refractivity contribution in [2.75, 3.05) is 11.1 Å². The molecule has 0 aliphatic heterocycles. The molecule has 0 aliphatic rings. The lowest BCUT2D eigenvalue weighted by Crippen LogP contribution is -2.38. The van der Waals surface area contributed by atoms with E-state index < -0.39 is 5.91 Å². The summed E-state index contributed by atoms with van der Waals surface area (Å²) >= 11 is 0. The van der Waals surface area contributed by atoms with E-state index in [9.17, 15) is 10.0 Å². The van der Waals surface area contributed by atoms with Gasteiger partial charge >= 0.3 is 5.91 Å². The Labute approximate surface area is 173 Å². The van der Waals surface area contributed by atoms with Crippen LogP contribution in [0.25, 0.3) is 11.3 Å². The molecular weight excluding hydrogens is 380 g/mol. The van der Waals surface area contributed by atoms with Gasteiger partial charge in [-0.25, -0.2) is 4.98 Å². The Balaban J connectivity index is 1.49. The second kappa shape index (κ2) is 8.32. The third-order valence-corrected chi connectivity index (χ3v) is 4.35. The molecule has 4 aromatic rings. The molecule has 30 heavy (non-hydrogen) atoms. The first kappa shape index (κ1) is 18.9. The van der Waals surface area contributed by atoms with E-state index in [4.69, 9.17) is 10.5 Å². The number of pyridine rings is 2. The number of nitrogens with two attached hydrogens (primary N) is 1. The van der Waals surface area contributed by atoms with Gasteiger partial charge in [0.1, 0.15) is 17.3 Å². The molecule has 2 heterocycles. The van der Waals surface area contributed by atoms with Crippen LogP contribution >= 0.6 is 0 Å². The highest BCUT2D eigenvalue weighted by Gasteiger charge is 2.20. The summed E-state index contributed by atoms with van der Waals surface area (Å²) < 4.78 is 6.34. The van der Waals surface area contributed by atoms with Gasteiger partial charge in [-0.05, 0) is 48.5 Å². The highest BCUT2D eigenvalue weighted by atomic mass is 16.5. The number of carbonyl (C=O) groups is 1. The summed E-state index contributed by atoms with van der Waals surface area (Å²) in [6.07, 6.45) is 1.56. The quantitative estimate of drug-likeness (QED) is 0.390. The summed E-state index contributed by atoms with van der Waals surface area (Å²) in [6.45, 7) is 0. The number of hydrogen-bond donors (Lipinski definition) is 2. The molecule has 3 N–H and O–H groups in total. The predicted octanol–water partition coefficient (Wildman–Crippen LogP) is 4.01. The third kappa shape index (κ3) is 4.20. The number of amides is 1. The molecule has 7 nitrogen and oxygen atoms in total. The fourth-order valence-electron chi connectivity index (χ4n) is 2.91. The number of aromatic nitrogens is 2. The zero-order valence-electron chi connectivity index (χ0n) is 15.9. The first-order chi connectivity index (χ1) is 14.6. The largest absolute Gasteiger partial charge is 0.618 e. The van der Waals surface area contributed by atoms with Crippen LogP contribution in [0.15, 0.2) is 91.1 Å². The van der Waals surface area contributed by atoms with E-state index in [1.807, 2.05) is 30.3 Å². The predicted molar refractivity (Wildman–Crippen MR) is 114 cm³/mol. The van der Waals surface area contributed by atoms with Gasteiger partial charge in [-0.2, -0.15) is 4.73 Å².